The molecule has 4 nitrogen and oxygen atoms in total. The molecule has 0 radical (unpaired) electrons. The Kier molecular flexibility index (Phi) is 4.12. The van der Waals surface area contributed by atoms with Crippen LogP contribution in [0.25, 0.3) is 21.7 Å². The maximum atomic E-state index is 12.4. The van der Waals surface area contributed by atoms with Gasteiger partial charge in [-0.05, 0) is 29.7 Å². The summed E-state index contributed by atoms with van der Waals surface area (Å²) in [5.41, 5.74) is 1.81. The zero-order chi connectivity index (χ0) is 17.2. The fraction of sp³-hybridized carbons (Fsp3) is 0.100. The zero-order valence-corrected chi connectivity index (χ0v) is 14.2. The van der Waals surface area contributed by atoms with Crippen LogP contribution in [0.4, 0.5) is 5.69 Å². The second kappa shape index (κ2) is 6.57. The minimum Gasteiger partial charge on any atom is -0.325 e. The van der Waals surface area contributed by atoms with Crippen molar-refractivity contribution in [3.05, 3.63) is 71.9 Å². The van der Waals surface area contributed by atoms with Crippen LogP contribution in [0.3, 0.4) is 0 Å². The van der Waals surface area contributed by atoms with Crippen molar-refractivity contribution in [1.29, 1.82) is 0 Å². The number of aromatic nitrogens is 2. The van der Waals surface area contributed by atoms with Gasteiger partial charge >= 0.3 is 0 Å². The summed E-state index contributed by atoms with van der Waals surface area (Å²) in [7, 11) is 0. The number of benzene rings is 3. The molecule has 0 aliphatic rings. The van der Waals surface area contributed by atoms with Crippen LogP contribution in [0.1, 0.15) is 6.42 Å². The molecular formula is C20H16ClN3O. The lowest BCUT2D eigenvalue weighted by Crippen LogP contribution is -2.15. The molecule has 4 rings (SSSR count). The number of hydrogen-bond acceptors (Lipinski definition) is 2. The lowest BCUT2D eigenvalue weighted by atomic mass is 10.1. The molecular weight excluding hydrogens is 334 g/mol. The lowest BCUT2D eigenvalue weighted by Gasteiger charge is -2.09. The van der Waals surface area contributed by atoms with Crippen LogP contribution in [-0.2, 0) is 11.3 Å². The van der Waals surface area contributed by atoms with Gasteiger partial charge in [-0.25, -0.2) is 0 Å². The molecule has 4 aromatic rings. The smallest absolute Gasteiger partial charge is 0.226 e. The van der Waals surface area contributed by atoms with Crippen molar-refractivity contribution in [2.75, 3.05) is 5.32 Å². The number of anilines is 1. The van der Waals surface area contributed by atoms with E-state index in [4.69, 9.17) is 11.6 Å². The molecule has 124 valence electrons. The molecule has 0 fully saturated rings. The molecule has 0 saturated carbocycles. The van der Waals surface area contributed by atoms with Gasteiger partial charge < -0.3 is 5.32 Å². The highest BCUT2D eigenvalue weighted by molar-refractivity contribution is 6.31. The third-order valence-electron chi connectivity index (χ3n) is 4.22. The number of rotatable bonds is 4. The first-order chi connectivity index (χ1) is 12.2. The average Bonchev–Trinajstić information content (AvgIpc) is 3.02. The van der Waals surface area contributed by atoms with E-state index in [-0.39, 0.29) is 5.91 Å². The number of hydrogen-bond donors (Lipinski definition) is 1. The molecule has 0 aliphatic carbocycles. The second-order valence-corrected chi connectivity index (χ2v) is 6.33. The fourth-order valence-corrected chi connectivity index (χ4v) is 3.17. The third-order valence-corrected chi connectivity index (χ3v) is 4.45. The lowest BCUT2D eigenvalue weighted by molar-refractivity contribution is -0.116. The molecule has 1 aromatic heterocycles. The Morgan fingerprint density at radius 3 is 2.80 bits per heavy atom. The highest BCUT2D eigenvalue weighted by atomic mass is 35.5. The maximum Gasteiger partial charge on any atom is 0.226 e. The Bertz CT molecular complexity index is 1070. The summed E-state index contributed by atoms with van der Waals surface area (Å²) < 4.78 is 1.83. The molecule has 0 saturated heterocycles. The number of carbonyl (C=O) groups is 1. The number of nitrogens with zero attached hydrogens (tertiary/aromatic N) is 2. The average molecular weight is 350 g/mol. The van der Waals surface area contributed by atoms with Crippen LogP contribution in [-0.4, -0.2) is 15.7 Å². The van der Waals surface area contributed by atoms with Gasteiger partial charge in [-0.2, -0.15) is 5.10 Å². The van der Waals surface area contributed by atoms with E-state index in [0.29, 0.717) is 18.0 Å². The summed E-state index contributed by atoms with van der Waals surface area (Å²) in [5.74, 6) is -0.0334. The first kappa shape index (κ1) is 15.7. The largest absolute Gasteiger partial charge is 0.325 e. The second-order valence-electron chi connectivity index (χ2n) is 5.90. The Morgan fingerprint density at radius 2 is 1.88 bits per heavy atom. The monoisotopic (exact) mass is 349 g/mol. The van der Waals surface area contributed by atoms with Crippen molar-refractivity contribution >= 4 is 44.9 Å². The van der Waals surface area contributed by atoms with E-state index in [0.717, 1.165) is 27.4 Å². The van der Waals surface area contributed by atoms with Crippen molar-refractivity contribution in [2.24, 2.45) is 0 Å². The Balaban J connectivity index is 1.48. The molecule has 25 heavy (non-hydrogen) atoms. The number of aryl methyl sites for hydroxylation is 1. The van der Waals surface area contributed by atoms with E-state index in [1.54, 1.807) is 6.20 Å². The van der Waals surface area contributed by atoms with Crippen molar-refractivity contribution < 1.29 is 4.79 Å². The van der Waals surface area contributed by atoms with Gasteiger partial charge in [0.15, 0.2) is 0 Å². The van der Waals surface area contributed by atoms with Crippen molar-refractivity contribution in [3.63, 3.8) is 0 Å². The quantitative estimate of drug-likeness (QED) is 0.571. The standard InChI is InChI=1S/C20H16ClN3O/c21-16-8-9-19-15(12-16)13-22-24(19)11-10-20(25)23-18-7-3-5-14-4-1-2-6-17(14)18/h1-9,12-13H,10-11H2,(H,23,25). The Morgan fingerprint density at radius 1 is 1.04 bits per heavy atom. The molecule has 5 heteroatoms. The summed E-state index contributed by atoms with van der Waals surface area (Å²) in [5, 5.41) is 11.1. The first-order valence-corrected chi connectivity index (χ1v) is 8.47. The van der Waals surface area contributed by atoms with Crippen molar-refractivity contribution in [3.8, 4) is 0 Å². The van der Waals surface area contributed by atoms with E-state index in [1.807, 2.05) is 65.3 Å². The third kappa shape index (κ3) is 3.21. The Hall–Kier alpha value is -2.85. The predicted octanol–water partition coefficient (Wildman–Crippen LogP) is 4.87. The summed E-state index contributed by atoms with van der Waals surface area (Å²) in [6.07, 6.45) is 2.12. The summed E-state index contributed by atoms with van der Waals surface area (Å²) in [4.78, 5) is 12.4. The van der Waals surface area contributed by atoms with E-state index in [2.05, 4.69) is 10.4 Å². The summed E-state index contributed by atoms with van der Waals surface area (Å²) in [6.45, 7) is 0.516. The molecule has 1 N–H and O–H groups in total. The van der Waals surface area contributed by atoms with Gasteiger partial charge in [0, 0.05) is 27.9 Å². The number of fused-ring (bicyclic) bond motifs is 2. The highest BCUT2D eigenvalue weighted by Crippen LogP contribution is 2.23. The fourth-order valence-electron chi connectivity index (χ4n) is 2.99. The Labute approximate surface area is 150 Å². The molecule has 3 aromatic carbocycles. The van der Waals surface area contributed by atoms with Gasteiger partial charge in [-0.3, -0.25) is 9.48 Å². The first-order valence-electron chi connectivity index (χ1n) is 8.09. The van der Waals surface area contributed by atoms with Gasteiger partial charge in [-0.15, -0.1) is 0 Å². The number of amides is 1. The molecule has 1 heterocycles. The van der Waals surface area contributed by atoms with Crippen LogP contribution < -0.4 is 5.32 Å². The maximum absolute atomic E-state index is 12.4. The molecule has 0 bridgehead atoms. The van der Waals surface area contributed by atoms with Crippen LogP contribution >= 0.6 is 11.6 Å². The minimum atomic E-state index is -0.0334. The van der Waals surface area contributed by atoms with Gasteiger partial charge in [0.05, 0.1) is 18.3 Å². The minimum absolute atomic E-state index is 0.0334. The van der Waals surface area contributed by atoms with E-state index in [9.17, 15) is 4.79 Å². The van der Waals surface area contributed by atoms with Crippen LogP contribution in [0.15, 0.2) is 66.9 Å². The van der Waals surface area contributed by atoms with Gasteiger partial charge in [0.25, 0.3) is 0 Å². The van der Waals surface area contributed by atoms with Gasteiger partial charge in [0.2, 0.25) is 5.91 Å². The topological polar surface area (TPSA) is 46.9 Å². The summed E-state index contributed by atoms with van der Waals surface area (Å²) in [6, 6.07) is 19.5. The molecule has 0 atom stereocenters. The van der Waals surface area contributed by atoms with E-state index >= 15 is 0 Å². The number of carbonyl (C=O) groups excluding carboxylic acids is 1. The number of halogens is 1. The molecule has 0 aliphatic heterocycles. The zero-order valence-electron chi connectivity index (χ0n) is 13.4. The predicted molar refractivity (Wildman–Crippen MR) is 102 cm³/mol. The summed E-state index contributed by atoms with van der Waals surface area (Å²) >= 11 is 5.99. The normalized spacial score (nSPS) is 11.1. The van der Waals surface area contributed by atoms with Gasteiger partial charge in [-0.1, -0.05) is 48.0 Å². The van der Waals surface area contributed by atoms with E-state index in [1.165, 1.54) is 0 Å². The van der Waals surface area contributed by atoms with Gasteiger partial charge in [0.1, 0.15) is 0 Å². The van der Waals surface area contributed by atoms with E-state index < -0.39 is 0 Å². The molecule has 1 amide bonds. The highest BCUT2D eigenvalue weighted by Gasteiger charge is 2.08. The van der Waals surface area contributed by atoms with Crippen LogP contribution in [0.2, 0.25) is 5.02 Å². The molecule has 0 unspecified atom stereocenters. The van der Waals surface area contributed by atoms with Crippen molar-refractivity contribution in [2.45, 2.75) is 13.0 Å². The van der Waals surface area contributed by atoms with Crippen LogP contribution in [0, 0.1) is 0 Å². The van der Waals surface area contributed by atoms with Crippen LogP contribution in [0.5, 0.6) is 0 Å². The SMILES string of the molecule is O=C(CCn1ncc2cc(Cl)ccc21)Nc1cccc2ccccc12. The number of nitrogens with one attached hydrogen (secondary N) is 1. The van der Waals surface area contributed by atoms with Crippen molar-refractivity contribution in [1.82, 2.24) is 9.78 Å². The molecule has 0 spiro atoms.